The van der Waals surface area contributed by atoms with E-state index in [1.165, 1.54) is 0 Å². The summed E-state index contributed by atoms with van der Waals surface area (Å²) in [6, 6.07) is 6.16. The van der Waals surface area contributed by atoms with Crippen LogP contribution in [0.15, 0.2) is 69.4 Å². The molecule has 0 spiro atoms. The van der Waals surface area contributed by atoms with Crippen LogP contribution < -0.4 is 0 Å². The topological polar surface area (TPSA) is 37.1 Å². The van der Waals surface area contributed by atoms with E-state index in [0.717, 1.165) is 28.7 Å². The lowest BCUT2D eigenvalue weighted by Crippen LogP contribution is -2.01. The molecule has 1 aromatic rings. The third-order valence-electron chi connectivity index (χ3n) is 4.56. The van der Waals surface area contributed by atoms with Crippen LogP contribution in [0.4, 0.5) is 8.78 Å². The van der Waals surface area contributed by atoms with Crippen LogP contribution in [0.3, 0.4) is 0 Å². The first-order valence-corrected chi connectivity index (χ1v) is 9.72. The van der Waals surface area contributed by atoms with Crippen LogP contribution in [0.2, 0.25) is 0 Å². The van der Waals surface area contributed by atoms with E-state index in [0.29, 0.717) is 18.7 Å². The Labute approximate surface area is 173 Å². The van der Waals surface area contributed by atoms with Gasteiger partial charge in [-0.2, -0.15) is 0 Å². The second kappa shape index (κ2) is 13.5. The van der Waals surface area contributed by atoms with Gasteiger partial charge in [-0.1, -0.05) is 37.8 Å². The summed E-state index contributed by atoms with van der Waals surface area (Å²) in [7, 11) is 0. The van der Waals surface area contributed by atoms with Gasteiger partial charge in [0.15, 0.2) is 0 Å². The first-order chi connectivity index (χ1) is 13.9. The molecule has 1 unspecified atom stereocenters. The highest BCUT2D eigenvalue weighted by Crippen LogP contribution is 2.26. The minimum Gasteiger partial charge on any atom is -0.287 e. The molecule has 0 aliphatic heterocycles. The molecule has 0 amide bonds. The molecule has 0 aromatic heterocycles. The molecule has 3 nitrogen and oxygen atoms in total. The van der Waals surface area contributed by atoms with Crippen molar-refractivity contribution in [1.82, 2.24) is 0 Å². The van der Waals surface area contributed by atoms with Crippen LogP contribution in [0, 0.1) is 6.92 Å². The predicted octanol–water partition coefficient (Wildman–Crippen LogP) is 6.50. The maximum atomic E-state index is 12.6. The molecule has 0 aliphatic carbocycles. The zero-order chi connectivity index (χ0) is 21.6. The zero-order valence-corrected chi connectivity index (χ0v) is 17.6. The second-order valence-electron chi connectivity index (χ2n) is 6.92. The smallest absolute Gasteiger partial charge is 0.239 e. The molecule has 0 radical (unpaired) electrons. The number of aryl methyl sites for hydroxylation is 2. The number of aliphatic imine (C=N–C) groups is 3. The normalized spacial score (nSPS) is 13.8. The maximum absolute atomic E-state index is 12.6. The molecule has 1 rings (SSSR count). The van der Waals surface area contributed by atoms with Crippen molar-refractivity contribution in [2.24, 2.45) is 15.0 Å². The fourth-order valence-corrected chi connectivity index (χ4v) is 2.78. The molecule has 5 heteroatoms. The second-order valence-corrected chi connectivity index (χ2v) is 6.92. The van der Waals surface area contributed by atoms with Crippen LogP contribution in [-0.2, 0) is 6.42 Å². The van der Waals surface area contributed by atoms with Crippen molar-refractivity contribution in [3.63, 3.8) is 0 Å². The Morgan fingerprint density at radius 2 is 2.03 bits per heavy atom. The van der Waals surface area contributed by atoms with Gasteiger partial charge in [0.25, 0.3) is 0 Å². The van der Waals surface area contributed by atoms with Gasteiger partial charge in [0, 0.05) is 25.0 Å². The lowest BCUT2D eigenvalue weighted by Gasteiger charge is -2.15. The number of benzene rings is 1. The molecule has 0 bridgehead atoms. The maximum Gasteiger partial charge on any atom is 0.239 e. The number of halogens is 2. The average Bonchev–Trinajstić information content (AvgIpc) is 2.69. The van der Waals surface area contributed by atoms with Crippen LogP contribution in [0.1, 0.15) is 49.3 Å². The van der Waals surface area contributed by atoms with Gasteiger partial charge in [0.2, 0.25) is 6.43 Å². The molecule has 0 N–H and O–H groups in total. The monoisotopic (exact) mass is 399 g/mol. The summed E-state index contributed by atoms with van der Waals surface area (Å²) in [5.41, 5.74) is 4.96. The minimum atomic E-state index is -2.27. The first-order valence-electron chi connectivity index (χ1n) is 9.72. The quantitative estimate of drug-likeness (QED) is 0.360. The van der Waals surface area contributed by atoms with Gasteiger partial charge in [0.05, 0.1) is 12.2 Å². The molecule has 1 aromatic carbocycles. The highest BCUT2D eigenvalue weighted by Gasteiger charge is 2.11. The number of alkyl halides is 2. The Hall–Kier alpha value is -2.69. The van der Waals surface area contributed by atoms with E-state index in [4.69, 9.17) is 0 Å². The van der Waals surface area contributed by atoms with Crippen molar-refractivity contribution >= 4 is 19.1 Å². The third kappa shape index (κ3) is 9.88. The molecule has 29 heavy (non-hydrogen) atoms. The molecule has 0 heterocycles. The van der Waals surface area contributed by atoms with E-state index in [1.54, 1.807) is 18.5 Å². The van der Waals surface area contributed by atoms with Gasteiger partial charge in [-0.15, -0.1) is 0 Å². The summed E-state index contributed by atoms with van der Waals surface area (Å²) < 4.78 is 25.1. The molecular weight excluding hydrogens is 368 g/mol. The minimum absolute atomic E-state index is 0.101. The van der Waals surface area contributed by atoms with Gasteiger partial charge in [0.1, 0.15) is 0 Å². The largest absolute Gasteiger partial charge is 0.287 e. The van der Waals surface area contributed by atoms with Crippen molar-refractivity contribution in [1.29, 1.82) is 0 Å². The summed E-state index contributed by atoms with van der Waals surface area (Å²) >= 11 is 0. The number of hydrogen-bond acceptors (Lipinski definition) is 3. The molecule has 1 atom stereocenters. The summed E-state index contributed by atoms with van der Waals surface area (Å²) in [6.07, 6.45) is 7.57. The van der Waals surface area contributed by atoms with Crippen LogP contribution in [-0.4, -0.2) is 32.1 Å². The van der Waals surface area contributed by atoms with Gasteiger partial charge < -0.3 is 0 Å². The van der Waals surface area contributed by atoms with E-state index in [-0.39, 0.29) is 12.3 Å². The SMILES string of the molecule is C=N/C=C\C=N/CC(=C)/N=C\C(=C/C)CC(C)c1ccc(C)c(CCC(F)F)c1. The highest BCUT2D eigenvalue weighted by molar-refractivity contribution is 5.79. The van der Waals surface area contributed by atoms with E-state index in [1.807, 2.05) is 32.2 Å². The summed E-state index contributed by atoms with van der Waals surface area (Å²) in [5, 5.41) is 0. The fraction of sp³-hybridized carbons (Fsp3) is 0.375. The van der Waals surface area contributed by atoms with E-state index in [9.17, 15) is 8.78 Å². The van der Waals surface area contributed by atoms with Crippen LogP contribution in [0.25, 0.3) is 0 Å². The number of nitrogens with zero attached hydrogens (tertiary/aromatic N) is 3. The van der Waals surface area contributed by atoms with Crippen molar-refractivity contribution < 1.29 is 8.78 Å². The third-order valence-corrected chi connectivity index (χ3v) is 4.56. The Balaban J connectivity index is 2.71. The van der Waals surface area contributed by atoms with Crippen molar-refractivity contribution in [3.05, 3.63) is 71.1 Å². The standard InChI is InChI=1S/C24H31F2N3/c1-6-21(17-29-20(4)16-28-13-7-12-27-5)14-19(3)23-9-8-18(2)22(15-23)10-11-24(25)26/h6-9,12-13,15,17,19,24H,4-5,10-11,14,16H2,1-3H3/b12-7-,21-6-,28-13-,29-17-. The lowest BCUT2D eigenvalue weighted by atomic mass is 9.90. The number of hydrogen-bond donors (Lipinski definition) is 0. The molecule has 156 valence electrons. The first kappa shape index (κ1) is 24.3. The number of rotatable bonds is 12. The van der Waals surface area contributed by atoms with Gasteiger partial charge in [-0.25, -0.2) is 8.78 Å². The van der Waals surface area contributed by atoms with E-state index in [2.05, 4.69) is 47.3 Å². The predicted molar refractivity (Wildman–Crippen MR) is 122 cm³/mol. The van der Waals surface area contributed by atoms with E-state index < -0.39 is 6.43 Å². The van der Waals surface area contributed by atoms with Crippen LogP contribution >= 0.6 is 0 Å². The number of allylic oxidation sites excluding steroid dienone is 3. The fourth-order valence-electron chi connectivity index (χ4n) is 2.78. The van der Waals surface area contributed by atoms with Gasteiger partial charge in [-0.05, 0) is 67.7 Å². The van der Waals surface area contributed by atoms with Crippen molar-refractivity contribution in [2.75, 3.05) is 6.54 Å². The Morgan fingerprint density at radius 3 is 2.69 bits per heavy atom. The Bertz CT molecular complexity index is 789. The summed E-state index contributed by atoms with van der Waals surface area (Å²) in [4.78, 5) is 12.2. The molecule has 0 saturated heterocycles. The molecule has 0 aliphatic rings. The zero-order valence-electron chi connectivity index (χ0n) is 17.6. The molecular formula is C24H31F2N3. The average molecular weight is 400 g/mol. The summed E-state index contributed by atoms with van der Waals surface area (Å²) in [5.74, 6) is 0.251. The lowest BCUT2D eigenvalue weighted by molar-refractivity contribution is 0.138. The van der Waals surface area contributed by atoms with Crippen molar-refractivity contribution in [3.8, 4) is 0 Å². The van der Waals surface area contributed by atoms with E-state index >= 15 is 0 Å². The molecule has 0 saturated carbocycles. The van der Waals surface area contributed by atoms with Gasteiger partial charge >= 0.3 is 0 Å². The Kier molecular flexibility index (Phi) is 11.3. The highest BCUT2D eigenvalue weighted by atomic mass is 19.3. The molecule has 0 fully saturated rings. The Morgan fingerprint density at radius 1 is 1.28 bits per heavy atom. The summed E-state index contributed by atoms with van der Waals surface area (Å²) in [6.45, 7) is 13.8. The van der Waals surface area contributed by atoms with Crippen molar-refractivity contribution in [2.45, 2.75) is 52.4 Å². The van der Waals surface area contributed by atoms with Crippen LogP contribution in [0.5, 0.6) is 0 Å². The van der Waals surface area contributed by atoms with Gasteiger partial charge in [-0.3, -0.25) is 15.0 Å².